The van der Waals surface area contributed by atoms with Gasteiger partial charge in [-0.25, -0.2) is 4.99 Å². The van der Waals surface area contributed by atoms with Crippen LogP contribution in [-0.2, 0) is 0 Å². The molecule has 0 saturated heterocycles. The summed E-state index contributed by atoms with van der Waals surface area (Å²) in [5.41, 5.74) is 0.826. The topological polar surface area (TPSA) is 132 Å². The summed E-state index contributed by atoms with van der Waals surface area (Å²) < 4.78 is 22.5. The maximum atomic E-state index is 11.1. The Bertz CT molecular complexity index is 1550. The Labute approximate surface area is 196 Å². The number of halogens is 1. The lowest BCUT2D eigenvalue weighted by molar-refractivity contribution is -0.384. The molecule has 0 amide bonds. The normalized spacial score (nSPS) is 11.2. The number of nitro benzene ring substituents is 1. The standard InChI is InChI=1S/C24H12ClN3O6/c25-18-7-5-14(28(29)30)11-16(18)19-8-6-15(33-19)13-27-24-17(12-26)22(20-3-1-9-31-20)23(34-24)21-4-2-10-32-21/h1-11,13H. The number of nitro groups is 1. The van der Waals surface area contributed by atoms with Crippen LogP contribution in [0.4, 0.5) is 11.6 Å². The second kappa shape index (κ2) is 8.61. The minimum atomic E-state index is -0.515. The van der Waals surface area contributed by atoms with Crippen LogP contribution in [-0.4, -0.2) is 11.1 Å². The SMILES string of the molecule is N#Cc1c(N=Cc2ccc(-c3cc([N+](=O)[O-])ccc3Cl)o2)oc(-c2ccco2)c1-c1ccco1. The average Bonchev–Trinajstić information content (AvgIpc) is 3.63. The Morgan fingerprint density at radius 1 is 1.00 bits per heavy atom. The molecule has 0 spiro atoms. The van der Waals surface area contributed by atoms with Gasteiger partial charge in [0.25, 0.3) is 5.69 Å². The minimum absolute atomic E-state index is 0.0339. The van der Waals surface area contributed by atoms with Gasteiger partial charge in [-0.3, -0.25) is 10.1 Å². The first kappa shape index (κ1) is 21.1. The van der Waals surface area contributed by atoms with Gasteiger partial charge in [0.1, 0.15) is 28.9 Å². The van der Waals surface area contributed by atoms with Crippen LogP contribution in [0.3, 0.4) is 0 Å². The monoisotopic (exact) mass is 473 g/mol. The highest BCUT2D eigenvalue weighted by Gasteiger charge is 2.26. The number of nitriles is 1. The van der Waals surface area contributed by atoms with Gasteiger partial charge >= 0.3 is 0 Å². The lowest BCUT2D eigenvalue weighted by Gasteiger charge is -2.00. The van der Waals surface area contributed by atoms with Crippen molar-refractivity contribution in [3.63, 3.8) is 0 Å². The van der Waals surface area contributed by atoms with Crippen molar-refractivity contribution < 1.29 is 22.6 Å². The van der Waals surface area contributed by atoms with Crippen LogP contribution in [0.1, 0.15) is 11.3 Å². The first-order valence-corrected chi connectivity index (χ1v) is 10.2. The van der Waals surface area contributed by atoms with Gasteiger partial charge in [-0.05, 0) is 42.5 Å². The van der Waals surface area contributed by atoms with Gasteiger partial charge in [-0.2, -0.15) is 5.26 Å². The molecule has 0 aliphatic heterocycles. The van der Waals surface area contributed by atoms with Crippen LogP contribution in [0.5, 0.6) is 0 Å². The molecule has 0 bridgehead atoms. The Kier molecular flexibility index (Phi) is 5.33. The summed E-state index contributed by atoms with van der Waals surface area (Å²) in [6.07, 6.45) is 4.34. The quantitative estimate of drug-likeness (QED) is 0.144. The zero-order valence-electron chi connectivity index (χ0n) is 17.1. The molecule has 10 heteroatoms. The smallest absolute Gasteiger partial charge is 0.270 e. The predicted octanol–water partition coefficient (Wildman–Crippen LogP) is 7.24. The lowest BCUT2D eigenvalue weighted by Crippen LogP contribution is -1.88. The highest BCUT2D eigenvalue weighted by molar-refractivity contribution is 6.33. The maximum absolute atomic E-state index is 11.1. The van der Waals surface area contributed by atoms with Crippen LogP contribution in [0.15, 0.2) is 89.8 Å². The van der Waals surface area contributed by atoms with Crippen molar-refractivity contribution in [2.75, 3.05) is 0 Å². The predicted molar refractivity (Wildman–Crippen MR) is 122 cm³/mol. The number of rotatable bonds is 6. The van der Waals surface area contributed by atoms with Crippen LogP contribution in [0.25, 0.3) is 34.2 Å². The molecule has 5 rings (SSSR count). The number of hydrogen-bond acceptors (Lipinski definition) is 8. The number of non-ortho nitro benzene ring substituents is 1. The lowest BCUT2D eigenvalue weighted by atomic mass is 10.1. The van der Waals surface area contributed by atoms with E-state index in [-0.39, 0.29) is 17.1 Å². The van der Waals surface area contributed by atoms with Crippen molar-refractivity contribution in [2.45, 2.75) is 0 Å². The summed E-state index contributed by atoms with van der Waals surface area (Å²) >= 11 is 6.19. The third-order valence-corrected chi connectivity index (χ3v) is 5.21. The third kappa shape index (κ3) is 3.79. The summed E-state index contributed by atoms with van der Waals surface area (Å²) in [5.74, 6) is 1.80. The first-order valence-electron chi connectivity index (χ1n) is 9.78. The fourth-order valence-corrected chi connectivity index (χ4v) is 3.57. The van der Waals surface area contributed by atoms with Gasteiger partial charge in [0, 0.05) is 17.7 Å². The van der Waals surface area contributed by atoms with Crippen LogP contribution >= 0.6 is 11.6 Å². The molecule has 0 unspecified atom stereocenters. The van der Waals surface area contributed by atoms with E-state index in [2.05, 4.69) is 11.1 Å². The zero-order chi connectivity index (χ0) is 23.7. The molecule has 0 N–H and O–H groups in total. The number of hydrogen-bond donors (Lipinski definition) is 0. The number of nitrogens with zero attached hydrogens (tertiary/aromatic N) is 3. The van der Waals surface area contributed by atoms with E-state index in [1.54, 1.807) is 36.4 Å². The largest absolute Gasteiger partial charge is 0.464 e. The van der Waals surface area contributed by atoms with Crippen molar-refractivity contribution in [2.24, 2.45) is 4.99 Å². The van der Waals surface area contributed by atoms with Gasteiger partial charge in [0.2, 0.25) is 5.88 Å². The fraction of sp³-hybridized carbons (Fsp3) is 0. The second-order valence-corrected chi connectivity index (χ2v) is 7.34. The molecule has 0 radical (unpaired) electrons. The Morgan fingerprint density at radius 2 is 1.76 bits per heavy atom. The molecule has 4 aromatic heterocycles. The van der Waals surface area contributed by atoms with E-state index in [0.717, 1.165) is 0 Å². The molecule has 1 aromatic carbocycles. The van der Waals surface area contributed by atoms with Gasteiger partial charge < -0.3 is 17.7 Å². The molecule has 5 aromatic rings. The summed E-state index contributed by atoms with van der Waals surface area (Å²) in [6.45, 7) is 0. The van der Waals surface area contributed by atoms with Crippen molar-refractivity contribution >= 4 is 29.4 Å². The molecule has 166 valence electrons. The fourth-order valence-electron chi connectivity index (χ4n) is 3.36. The molecule has 0 aliphatic rings. The highest BCUT2D eigenvalue weighted by atomic mass is 35.5. The van der Waals surface area contributed by atoms with Gasteiger partial charge in [0.15, 0.2) is 11.5 Å². The molecule has 34 heavy (non-hydrogen) atoms. The van der Waals surface area contributed by atoms with Gasteiger partial charge in [-0.15, -0.1) is 0 Å². The van der Waals surface area contributed by atoms with Crippen molar-refractivity contribution in [3.05, 3.63) is 93.6 Å². The van der Waals surface area contributed by atoms with Crippen molar-refractivity contribution in [1.82, 2.24) is 0 Å². The van der Waals surface area contributed by atoms with E-state index in [1.807, 2.05) is 0 Å². The molecule has 0 fully saturated rings. The molecular weight excluding hydrogens is 462 g/mol. The highest BCUT2D eigenvalue weighted by Crippen LogP contribution is 2.43. The summed E-state index contributed by atoms with van der Waals surface area (Å²) in [5, 5.41) is 21.2. The average molecular weight is 474 g/mol. The minimum Gasteiger partial charge on any atom is -0.464 e. The summed E-state index contributed by atoms with van der Waals surface area (Å²) in [7, 11) is 0. The number of furan rings is 4. The first-order chi connectivity index (χ1) is 16.5. The molecular formula is C24H12ClN3O6. The van der Waals surface area contributed by atoms with E-state index in [4.69, 9.17) is 29.3 Å². The van der Waals surface area contributed by atoms with Crippen LogP contribution < -0.4 is 0 Å². The van der Waals surface area contributed by atoms with Crippen molar-refractivity contribution in [3.8, 4) is 40.2 Å². The molecule has 4 heterocycles. The van der Waals surface area contributed by atoms with Gasteiger partial charge in [-0.1, -0.05) is 11.6 Å². The molecule has 9 nitrogen and oxygen atoms in total. The Morgan fingerprint density at radius 3 is 2.44 bits per heavy atom. The molecule has 0 atom stereocenters. The van der Waals surface area contributed by atoms with E-state index < -0.39 is 4.92 Å². The molecule has 0 saturated carbocycles. The van der Waals surface area contributed by atoms with Gasteiger partial charge in [0.05, 0.1) is 34.3 Å². The van der Waals surface area contributed by atoms with E-state index in [9.17, 15) is 15.4 Å². The van der Waals surface area contributed by atoms with Crippen LogP contribution in [0, 0.1) is 21.4 Å². The number of benzene rings is 1. The Hall–Kier alpha value is -4.81. The van der Waals surface area contributed by atoms with Crippen LogP contribution in [0.2, 0.25) is 5.02 Å². The zero-order valence-corrected chi connectivity index (χ0v) is 17.9. The van der Waals surface area contributed by atoms with E-state index in [0.29, 0.717) is 45.0 Å². The summed E-state index contributed by atoms with van der Waals surface area (Å²) in [6, 6.07) is 16.2. The van der Waals surface area contributed by atoms with E-state index >= 15 is 0 Å². The second-order valence-electron chi connectivity index (χ2n) is 6.93. The summed E-state index contributed by atoms with van der Waals surface area (Å²) in [4.78, 5) is 14.9. The Balaban J connectivity index is 1.53. The molecule has 0 aliphatic carbocycles. The van der Waals surface area contributed by atoms with E-state index in [1.165, 1.54) is 36.9 Å². The number of aliphatic imine (C=N–C) groups is 1. The maximum Gasteiger partial charge on any atom is 0.270 e. The third-order valence-electron chi connectivity index (χ3n) is 4.88. The van der Waals surface area contributed by atoms with Crippen molar-refractivity contribution in [1.29, 1.82) is 5.26 Å².